The third-order valence-corrected chi connectivity index (χ3v) is 3.07. The molecule has 1 saturated heterocycles. The number of imide groups is 1. The van der Waals surface area contributed by atoms with E-state index >= 15 is 0 Å². The monoisotopic (exact) mass is 276 g/mol. The lowest BCUT2D eigenvalue weighted by molar-refractivity contribution is -0.147. The SMILES string of the molecule is CCC1C(=O)NC(=O)CN1C(=O)C=Cc1cnn(C)c1. The summed E-state index contributed by atoms with van der Waals surface area (Å²) in [5.74, 6) is -1.24. The molecule has 2 heterocycles. The quantitative estimate of drug-likeness (QED) is 0.606. The van der Waals surface area contributed by atoms with Crippen LogP contribution in [-0.4, -0.2) is 45.0 Å². The van der Waals surface area contributed by atoms with Crippen molar-refractivity contribution in [3.63, 3.8) is 0 Å². The van der Waals surface area contributed by atoms with Crippen LogP contribution in [0.15, 0.2) is 18.5 Å². The van der Waals surface area contributed by atoms with Crippen LogP contribution in [0.5, 0.6) is 0 Å². The maximum Gasteiger partial charge on any atom is 0.249 e. The first-order valence-corrected chi connectivity index (χ1v) is 6.32. The highest BCUT2D eigenvalue weighted by molar-refractivity contribution is 6.06. The van der Waals surface area contributed by atoms with Gasteiger partial charge < -0.3 is 4.90 Å². The zero-order valence-electron chi connectivity index (χ0n) is 11.4. The number of nitrogens with one attached hydrogen (secondary N) is 1. The molecule has 7 nitrogen and oxygen atoms in total. The number of aryl methyl sites for hydroxylation is 1. The number of hydrogen-bond donors (Lipinski definition) is 1. The molecule has 1 aromatic heterocycles. The Morgan fingerprint density at radius 1 is 1.55 bits per heavy atom. The molecule has 1 aliphatic rings. The van der Waals surface area contributed by atoms with Gasteiger partial charge in [-0.15, -0.1) is 0 Å². The van der Waals surface area contributed by atoms with Gasteiger partial charge in [-0.3, -0.25) is 24.4 Å². The van der Waals surface area contributed by atoms with Crippen LogP contribution in [0, 0.1) is 0 Å². The molecule has 2 rings (SSSR count). The van der Waals surface area contributed by atoms with Crippen molar-refractivity contribution in [2.45, 2.75) is 19.4 Å². The number of amides is 3. The summed E-state index contributed by atoms with van der Waals surface area (Å²) >= 11 is 0. The van der Waals surface area contributed by atoms with Crippen molar-refractivity contribution in [2.24, 2.45) is 7.05 Å². The predicted octanol–water partition coefficient (Wildman–Crippen LogP) is -0.303. The van der Waals surface area contributed by atoms with Gasteiger partial charge in [0.05, 0.1) is 6.20 Å². The second-order valence-electron chi connectivity index (χ2n) is 4.58. The zero-order chi connectivity index (χ0) is 14.7. The summed E-state index contributed by atoms with van der Waals surface area (Å²) in [6.07, 6.45) is 6.81. The average molecular weight is 276 g/mol. The van der Waals surface area contributed by atoms with Gasteiger partial charge in [-0.2, -0.15) is 5.10 Å². The predicted molar refractivity (Wildman–Crippen MR) is 71.2 cm³/mol. The molecule has 1 fully saturated rings. The highest BCUT2D eigenvalue weighted by Gasteiger charge is 2.34. The van der Waals surface area contributed by atoms with Crippen LogP contribution >= 0.6 is 0 Å². The van der Waals surface area contributed by atoms with Crippen LogP contribution in [0.1, 0.15) is 18.9 Å². The average Bonchev–Trinajstić information content (AvgIpc) is 2.81. The minimum atomic E-state index is -0.598. The van der Waals surface area contributed by atoms with E-state index < -0.39 is 17.9 Å². The zero-order valence-corrected chi connectivity index (χ0v) is 11.4. The molecular formula is C13H16N4O3. The first-order valence-electron chi connectivity index (χ1n) is 6.32. The first kappa shape index (κ1) is 14.0. The highest BCUT2D eigenvalue weighted by Crippen LogP contribution is 2.11. The molecule has 1 aromatic rings. The van der Waals surface area contributed by atoms with Crippen molar-refractivity contribution < 1.29 is 14.4 Å². The van der Waals surface area contributed by atoms with Crippen molar-refractivity contribution in [1.82, 2.24) is 20.0 Å². The number of nitrogens with zero attached hydrogens (tertiary/aromatic N) is 3. The maximum absolute atomic E-state index is 12.1. The molecule has 0 spiro atoms. The second kappa shape index (κ2) is 5.68. The fourth-order valence-electron chi connectivity index (χ4n) is 2.09. The summed E-state index contributed by atoms with van der Waals surface area (Å²) in [5, 5.41) is 6.22. The van der Waals surface area contributed by atoms with Gasteiger partial charge in [0, 0.05) is 24.9 Å². The van der Waals surface area contributed by atoms with Crippen LogP contribution in [0.4, 0.5) is 0 Å². The van der Waals surface area contributed by atoms with Crippen LogP contribution in [0.2, 0.25) is 0 Å². The van der Waals surface area contributed by atoms with Crippen molar-refractivity contribution in [3.8, 4) is 0 Å². The molecule has 0 bridgehead atoms. The molecule has 0 saturated carbocycles. The normalized spacial score (nSPS) is 19.5. The minimum absolute atomic E-state index is 0.0968. The molecule has 3 amide bonds. The summed E-state index contributed by atoms with van der Waals surface area (Å²) in [6, 6.07) is -0.598. The van der Waals surface area contributed by atoms with E-state index in [2.05, 4.69) is 10.4 Å². The molecule has 1 N–H and O–H groups in total. The fourth-order valence-corrected chi connectivity index (χ4v) is 2.09. The summed E-state index contributed by atoms with van der Waals surface area (Å²) < 4.78 is 1.62. The van der Waals surface area contributed by atoms with E-state index in [0.717, 1.165) is 5.56 Å². The van der Waals surface area contributed by atoms with E-state index in [4.69, 9.17) is 0 Å². The van der Waals surface area contributed by atoms with Crippen molar-refractivity contribution in [3.05, 3.63) is 24.0 Å². The van der Waals surface area contributed by atoms with E-state index in [1.807, 2.05) is 0 Å². The van der Waals surface area contributed by atoms with Crippen molar-refractivity contribution >= 4 is 23.8 Å². The Hall–Kier alpha value is -2.44. The molecule has 106 valence electrons. The Morgan fingerprint density at radius 3 is 2.90 bits per heavy atom. The number of carbonyl (C=O) groups is 3. The topological polar surface area (TPSA) is 84.3 Å². The van der Waals surface area contributed by atoms with Crippen LogP contribution in [0.25, 0.3) is 6.08 Å². The molecule has 0 radical (unpaired) electrons. The number of carbonyl (C=O) groups excluding carboxylic acids is 3. The molecule has 1 aliphatic heterocycles. The third-order valence-electron chi connectivity index (χ3n) is 3.07. The van der Waals surface area contributed by atoms with Crippen LogP contribution in [-0.2, 0) is 21.4 Å². The van der Waals surface area contributed by atoms with E-state index in [-0.39, 0.29) is 12.5 Å². The molecule has 1 atom stereocenters. The van der Waals surface area contributed by atoms with Crippen molar-refractivity contribution in [1.29, 1.82) is 0 Å². The Balaban J connectivity index is 2.12. The summed E-state index contributed by atoms with van der Waals surface area (Å²) in [7, 11) is 1.78. The van der Waals surface area contributed by atoms with Crippen LogP contribution < -0.4 is 5.32 Å². The van der Waals surface area contributed by atoms with Gasteiger partial charge in [0.1, 0.15) is 12.6 Å². The summed E-state index contributed by atoms with van der Waals surface area (Å²) in [4.78, 5) is 36.4. The second-order valence-corrected chi connectivity index (χ2v) is 4.58. The van der Waals surface area contributed by atoms with Crippen LogP contribution in [0.3, 0.4) is 0 Å². The third kappa shape index (κ3) is 2.93. The van der Waals surface area contributed by atoms with Gasteiger partial charge in [0.15, 0.2) is 0 Å². The lowest BCUT2D eigenvalue weighted by Gasteiger charge is -2.32. The first-order chi connectivity index (χ1) is 9.51. The number of rotatable bonds is 3. The standard InChI is InChI=1S/C13H16N4O3/c1-3-10-13(20)15-11(18)8-17(10)12(19)5-4-9-6-14-16(2)7-9/h4-7,10H,3,8H2,1-2H3,(H,15,18,20). The number of aromatic nitrogens is 2. The molecule has 1 unspecified atom stereocenters. The van der Waals surface area contributed by atoms with E-state index in [0.29, 0.717) is 6.42 Å². The van der Waals surface area contributed by atoms with Gasteiger partial charge in [-0.1, -0.05) is 6.92 Å². The lowest BCUT2D eigenvalue weighted by atomic mass is 10.1. The molecular weight excluding hydrogens is 260 g/mol. The molecule has 7 heteroatoms. The summed E-state index contributed by atoms with van der Waals surface area (Å²) in [6.45, 7) is 1.70. The Kier molecular flexibility index (Phi) is 3.97. The van der Waals surface area contributed by atoms with E-state index in [9.17, 15) is 14.4 Å². The Bertz CT molecular complexity index is 576. The lowest BCUT2D eigenvalue weighted by Crippen LogP contribution is -2.59. The van der Waals surface area contributed by atoms with Gasteiger partial charge >= 0.3 is 0 Å². The molecule has 0 aromatic carbocycles. The van der Waals surface area contributed by atoms with E-state index in [1.165, 1.54) is 11.0 Å². The number of piperazine rings is 1. The fraction of sp³-hybridized carbons (Fsp3) is 0.385. The van der Waals surface area contributed by atoms with Gasteiger partial charge in [-0.25, -0.2) is 0 Å². The molecule has 20 heavy (non-hydrogen) atoms. The van der Waals surface area contributed by atoms with Crippen molar-refractivity contribution in [2.75, 3.05) is 6.54 Å². The largest absolute Gasteiger partial charge is 0.318 e. The summed E-state index contributed by atoms with van der Waals surface area (Å²) in [5.41, 5.74) is 0.779. The van der Waals surface area contributed by atoms with Gasteiger partial charge in [-0.05, 0) is 12.5 Å². The van der Waals surface area contributed by atoms with Gasteiger partial charge in [0.25, 0.3) is 0 Å². The molecule has 0 aliphatic carbocycles. The highest BCUT2D eigenvalue weighted by atomic mass is 16.2. The van der Waals surface area contributed by atoms with Gasteiger partial charge in [0.2, 0.25) is 17.7 Å². The Labute approximate surface area is 116 Å². The maximum atomic E-state index is 12.1. The smallest absolute Gasteiger partial charge is 0.249 e. The number of hydrogen-bond acceptors (Lipinski definition) is 4. The van der Waals surface area contributed by atoms with E-state index in [1.54, 1.807) is 37.1 Å². The minimum Gasteiger partial charge on any atom is -0.318 e. The Morgan fingerprint density at radius 2 is 2.30 bits per heavy atom.